The third-order valence-electron chi connectivity index (χ3n) is 3.07. The third kappa shape index (κ3) is 4.64. The maximum atomic E-state index is 12.3. The summed E-state index contributed by atoms with van der Waals surface area (Å²) < 4.78 is 4.57. The Kier molecular flexibility index (Phi) is 6.44. The molecule has 0 heterocycles. The summed E-state index contributed by atoms with van der Waals surface area (Å²) in [6, 6.07) is 3.95. The van der Waals surface area contributed by atoms with Gasteiger partial charge in [0.15, 0.2) is 5.78 Å². The smallest absolute Gasteiger partial charge is 0.338 e. The standard InChI is InChI=1S/C16H20N2O5/c1-5-6-15(19)13(10-17(2)3)12-8-7-11(16(20)23-4)9-14(12)18(21)22/h7-10H,5-6H2,1-4H3/b13-10+. The fraction of sp³-hybridized carbons (Fsp3) is 0.375. The molecule has 0 unspecified atom stereocenters. The zero-order valence-electron chi connectivity index (χ0n) is 13.7. The molecule has 1 aromatic carbocycles. The molecule has 0 aromatic heterocycles. The Morgan fingerprint density at radius 1 is 1.35 bits per heavy atom. The largest absolute Gasteiger partial charge is 0.465 e. The van der Waals surface area contributed by atoms with E-state index in [4.69, 9.17) is 0 Å². The predicted molar refractivity (Wildman–Crippen MR) is 86.0 cm³/mol. The van der Waals surface area contributed by atoms with Crippen LogP contribution in [0.5, 0.6) is 0 Å². The highest BCUT2D eigenvalue weighted by Gasteiger charge is 2.24. The number of hydrogen-bond donors (Lipinski definition) is 0. The Morgan fingerprint density at radius 2 is 2.00 bits per heavy atom. The summed E-state index contributed by atoms with van der Waals surface area (Å²) in [7, 11) is 4.66. The highest BCUT2D eigenvalue weighted by atomic mass is 16.6. The van der Waals surface area contributed by atoms with Crippen molar-refractivity contribution in [2.24, 2.45) is 0 Å². The van der Waals surface area contributed by atoms with Crippen molar-refractivity contribution in [1.82, 2.24) is 4.90 Å². The number of carbonyl (C=O) groups excluding carboxylic acids is 2. The van der Waals surface area contributed by atoms with Gasteiger partial charge in [-0.15, -0.1) is 0 Å². The second-order valence-electron chi connectivity index (χ2n) is 5.16. The van der Waals surface area contributed by atoms with E-state index in [9.17, 15) is 19.7 Å². The lowest BCUT2D eigenvalue weighted by Gasteiger charge is -2.12. The van der Waals surface area contributed by atoms with Crippen LogP contribution in [0.1, 0.15) is 35.7 Å². The second-order valence-corrected chi connectivity index (χ2v) is 5.16. The van der Waals surface area contributed by atoms with Crippen molar-refractivity contribution < 1.29 is 19.2 Å². The van der Waals surface area contributed by atoms with Gasteiger partial charge < -0.3 is 9.64 Å². The van der Waals surface area contributed by atoms with E-state index in [-0.39, 0.29) is 34.6 Å². The lowest BCUT2D eigenvalue weighted by Crippen LogP contribution is -2.11. The highest BCUT2D eigenvalue weighted by molar-refractivity contribution is 6.21. The first kappa shape index (κ1) is 18.3. The summed E-state index contributed by atoms with van der Waals surface area (Å²) in [6.45, 7) is 1.86. The van der Waals surface area contributed by atoms with Gasteiger partial charge >= 0.3 is 5.97 Å². The number of nitro benzene ring substituents is 1. The maximum absolute atomic E-state index is 12.3. The van der Waals surface area contributed by atoms with E-state index in [0.717, 1.165) is 6.07 Å². The maximum Gasteiger partial charge on any atom is 0.338 e. The highest BCUT2D eigenvalue weighted by Crippen LogP contribution is 2.29. The molecular weight excluding hydrogens is 300 g/mol. The number of ether oxygens (including phenoxy) is 1. The van der Waals surface area contributed by atoms with E-state index in [1.807, 2.05) is 6.92 Å². The minimum atomic E-state index is -0.669. The van der Waals surface area contributed by atoms with E-state index in [0.29, 0.717) is 6.42 Å². The molecule has 0 radical (unpaired) electrons. The van der Waals surface area contributed by atoms with Crippen molar-refractivity contribution in [2.75, 3.05) is 21.2 Å². The van der Waals surface area contributed by atoms with Crippen molar-refractivity contribution in [3.8, 4) is 0 Å². The van der Waals surface area contributed by atoms with Crippen molar-refractivity contribution in [3.63, 3.8) is 0 Å². The molecule has 0 aliphatic carbocycles. The van der Waals surface area contributed by atoms with Crippen LogP contribution in [0.15, 0.2) is 24.4 Å². The number of Topliss-reactive ketones (excluding diaryl/α,β-unsaturated/α-hetero) is 1. The number of nitrogens with zero attached hydrogens (tertiary/aromatic N) is 2. The lowest BCUT2D eigenvalue weighted by molar-refractivity contribution is -0.385. The number of rotatable bonds is 7. The Morgan fingerprint density at radius 3 is 2.48 bits per heavy atom. The molecule has 0 amide bonds. The Hall–Kier alpha value is -2.70. The van der Waals surface area contributed by atoms with Crippen LogP contribution in [0.2, 0.25) is 0 Å². The molecule has 0 saturated carbocycles. The number of esters is 1. The number of hydrogen-bond acceptors (Lipinski definition) is 6. The van der Waals surface area contributed by atoms with Crippen molar-refractivity contribution >= 4 is 23.0 Å². The van der Waals surface area contributed by atoms with E-state index in [1.54, 1.807) is 25.2 Å². The third-order valence-corrected chi connectivity index (χ3v) is 3.07. The SMILES string of the molecule is CCCC(=O)/C(=C/N(C)C)c1ccc(C(=O)OC)cc1[N+](=O)[O-]. The van der Waals surface area contributed by atoms with Gasteiger partial charge in [-0.05, 0) is 18.6 Å². The fourth-order valence-corrected chi connectivity index (χ4v) is 2.07. The molecule has 0 saturated heterocycles. The topological polar surface area (TPSA) is 89.8 Å². The van der Waals surface area contributed by atoms with Gasteiger partial charge in [-0.2, -0.15) is 0 Å². The van der Waals surface area contributed by atoms with E-state index >= 15 is 0 Å². The second kappa shape index (κ2) is 8.07. The van der Waals surface area contributed by atoms with Gasteiger partial charge in [-0.25, -0.2) is 4.79 Å². The van der Waals surface area contributed by atoms with Crippen LogP contribution in [0.25, 0.3) is 5.57 Å². The Bertz CT molecular complexity index is 650. The van der Waals surface area contributed by atoms with Crippen LogP contribution in [0.3, 0.4) is 0 Å². The minimum absolute atomic E-state index is 0.0649. The van der Waals surface area contributed by atoms with Crippen LogP contribution < -0.4 is 0 Å². The monoisotopic (exact) mass is 320 g/mol. The van der Waals surface area contributed by atoms with Crippen molar-refractivity contribution in [3.05, 3.63) is 45.6 Å². The molecule has 0 spiro atoms. The predicted octanol–water partition coefficient (Wildman–Crippen LogP) is 2.65. The fourth-order valence-electron chi connectivity index (χ4n) is 2.07. The van der Waals surface area contributed by atoms with Crippen molar-refractivity contribution in [1.29, 1.82) is 0 Å². The molecule has 1 rings (SSSR count). The lowest BCUT2D eigenvalue weighted by atomic mass is 9.96. The first-order chi connectivity index (χ1) is 10.8. The van der Waals surface area contributed by atoms with Gasteiger partial charge in [0.05, 0.1) is 23.2 Å². The molecule has 23 heavy (non-hydrogen) atoms. The van der Waals surface area contributed by atoms with Gasteiger partial charge in [0, 0.05) is 38.4 Å². The van der Waals surface area contributed by atoms with Crippen LogP contribution in [-0.4, -0.2) is 42.8 Å². The van der Waals surface area contributed by atoms with Crippen molar-refractivity contribution in [2.45, 2.75) is 19.8 Å². The molecule has 0 N–H and O–H groups in total. The molecule has 7 heteroatoms. The number of nitro groups is 1. The number of ketones is 1. The van der Waals surface area contributed by atoms with E-state index < -0.39 is 10.9 Å². The normalized spacial score (nSPS) is 11.0. The average molecular weight is 320 g/mol. The van der Waals surface area contributed by atoms with Crippen LogP contribution in [-0.2, 0) is 9.53 Å². The van der Waals surface area contributed by atoms with Crippen LogP contribution in [0.4, 0.5) is 5.69 Å². The summed E-state index contributed by atoms with van der Waals surface area (Å²) in [5.74, 6) is -0.854. The average Bonchev–Trinajstić information content (AvgIpc) is 2.51. The molecule has 0 aliphatic rings. The zero-order valence-corrected chi connectivity index (χ0v) is 13.7. The first-order valence-corrected chi connectivity index (χ1v) is 7.10. The first-order valence-electron chi connectivity index (χ1n) is 7.10. The van der Waals surface area contributed by atoms with E-state index in [1.165, 1.54) is 19.2 Å². The summed E-state index contributed by atoms with van der Waals surface area (Å²) in [5.41, 5.74) is 0.204. The molecule has 124 valence electrons. The number of carbonyl (C=O) groups is 2. The van der Waals surface area contributed by atoms with Gasteiger partial charge in [0.2, 0.25) is 0 Å². The summed E-state index contributed by atoms with van der Waals surface area (Å²) in [5, 5.41) is 11.4. The number of allylic oxidation sites excluding steroid dienone is 1. The van der Waals surface area contributed by atoms with E-state index in [2.05, 4.69) is 4.74 Å². The zero-order chi connectivity index (χ0) is 17.6. The number of benzene rings is 1. The quantitative estimate of drug-likeness (QED) is 0.332. The molecular formula is C16H20N2O5. The molecule has 0 atom stereocenters. The molecule has 0 aliphatic heterocycles. The van der Waals surface area contributed by atoms with Gasteiger partial charge in [-0.1, -0.05) is 6.92 Å². The Balaban J connectivity index is 3.50. The summed E-state index contributed by atoms with van der Waals surface area (Å²) >= 11 is 0. The molecule has 1 aromatic rings. The van der Waals surface area contributed by atoms with Gasteiger partial charge in [0.25, 0.3) is 5.69 Å². The van der Waals surface area contributed by atoms with Crippen LogP contribution >= 0.6 is 0 Å². The van der Waals surface area contributed by atoms with Gasteiger partial charge in [-0.3, -0.25) is 14.9 Å². The van der Waals surface area contributed by atoms with Crippen LogP contribution in [0, 0.1) is 10.1 Å². The number of methoxy groups -OCH3 is 1. The summed E-state index contributed by atoms with van der Waals surface area (Å²) in [6.07, 6.45) is 2.48. The Labute approximate surface area is 134 Å². The molecule has 7 nitrogen and oxygen atoms in total. The van der Waals surface area contributed by atoms with Gasteiger partial charge in [0.1, 0.15) is 0 Å². The molecule has 0 bridgehead atoms. The summed E-state index contributed by atoms with van der Waals surface area (Å²) in [4.78, 5) is 36.3. The minimum Gasteiger partial charge on any atom is -0.465 e. The molecule has 0 fully saturated rings.